The lowest BCUT2D eigenvalue weighted by molar-refractivity contribution is -0.383. The number of nitrogens with one attached hydrogen (secondary N) is 1. The maximum atomic E-state index is 11.8. The molecule has 9 heteroatoms. The second-order valence-corrected chi connectivity index (χ2v) is 5.74. The number of benzene rings is 2. The number of nitrogens with zero attached hydrogens (tertiary/aromatic N) is 1. The molecule has 0 aliphatic carbocycles. The first-order valence-electron chi connectivity index (χ1n) is 6.99. The molecule has 0 fully saturated rings. The van der Waals surface area contributed by atoms with Gasteiger partial charge >= 0.3 is 5.97 Å². The van der Waals surface area contributed by atoms with E-state index in [1.807, 2.05) is 0 Å². The number of rotatable bonds is 6. The number of anilines is 1. The highest BCUT2D eigenvalue weighted by atomic mass is 35.5. The SMILES string of the molecule is O=C(COC(=O)Cc1ccccc1Cl)Nc1cc(Cl)ccc1[N+](=O)[O-]. The molecule has 0 heterocycles. The fourth-order valence-electron chi connectivity index (χ4n) is 1.95. The fraction of sp³-hybridized carbons (Fsp3) is 0.125. The number of carbonyl (C=O) groups is 2. The molecular formula is C16H12Cl2N2O5. The zero-order valence-electron chi connectivity index (χ0n) is 12.7. The van der Waals surface area contributed by atoms with Crippen LogP contribution in [0.5, 0.6) is 0 Å². The summed E-state index contributed by atoms with van der Waals surface area (Å²) in [7, 11) is 0. The number of nitro benzene ring substituents is 1. The maximum absolute atomic E-state index is 11.8. The van der Waals surface area contributed by atoms with Crippen molar-refractivity contribution in [3.8, 4) is 0 Å². The summed E-state index contributed by atoms with van der Waals surface area (Å²) in [6.07, 6.45) is -0.0930. The van der Waals surface area contributed by atoms with Gasteiger partial charge in [-0.25, -0.2) is 0 Å². The van der Waals surface area contributed by atoms with Crippen LogP contribution in [0.1, 0.15) is 5.56 Å². The minimum Gasteiger partial charge on any atom is -0.455 e. The zero-order valence-corrected chi connectivity index (χ0v) is 14.2. The smallest absolute Gasteiger partial charge is 0.310 e. The summed E-state index contributed by atoms with van der Waals surface area (Å²) in [5, 5.41) is 13.9. The van der Waals surface area contributed by atoms with Gasteiger partial charge in [0.2, 0.25) is 0 Å². The van der Waals surface area contributed by atoms with Crippen LogP contribution in [-0.2, 0) is 20.7 Å². The van der Waals surface area contributed by atoms with E-state index >= 15 is 0 Å². The van der Waals surface area contributed by atoms with Gasteiger partial charge in [0, 0.05) is 16.1 Å². The molecule has 2 aromatic carbocycles. The van der Waals surface area contributed by atoms with Gasteiger partial charge in [-0.3, -0.25) is 19.7 Å². The van der Waals surface area contributed by atoms with Crippen molar-refractivity contribution < 1.29 is 19.2 Å². The number of amides is 1. The van der Waals surface area contributed by atoms with Crippen molar-refractivity contribution in [3.05, 3.63) is 68.2 Å². The molecular weight excluding hydrogens is 371 g/mol. The highest BCUT2D eigenvalue weighted by Crippen LogP contribution is 2.27. The Morgan fingerprint density at radius 2 is 1.88 bits per heavy atom. The lowest BCUT2D eigenvalue weighted by Gasteiger charge is -2.08. The Morgan fingerprint density at radius 3 is 2.56 bits per heavy atom. The summed E-state index contributed by atoms with van der Waals surface area (Å²) in [6.45, 7) is -0.590. The number of nitro groups is 1. The minimum atomic E-state index is -0.724. The van der Waals surface area contributed by atoms with Crippen LogP contribution in [0.15, 0.2) is 42.5 Å². The molecule has 0 saturated heterocycles. The lowest BCUT2D eigenvalue weighted by atomic mass is 10.1. The van der Waals surface area contributed by atoms with Gasteiger partial charge in [0.25, 0.3) is 11.6 Å². The van der Waals surface area contributed by atoms with Gasteiger partial charge in [0.15, 0.2) is 6.61 Å². The Kier molecular flexibility index (Phi) is 6.32. The number of carbonyl (C=O) groups excluding carboxylic acids is 2. The minimum absolute atomic E-state index is 0.0790. The summed E-state index contributed by atoms with van der Waals surface area (Å²) < 4.78 is 4.85. The predicted octanol–water partition coefficient (Wildman–Crippen LogP) is 3.63. The molecule has 2 rings (SSSR count). The third kappa shape index (κ3) is 5.44. The van der Waals surface area contributed by atoms with Gasteiger partial charge in [-0.05, 0) is 23.8 Å². The number of hydrogen-bond donors (Lipinski definition) is 1. The summed E-state index contributed by atoms with van der Waals surface area (Å²) in [4.78, 5) is 33.9. The van der Waals surface area contributed by atoms with Gasteiger partial charge < -0.3 is 10.1 Å². The highest BCUT2D eigenvalue weighted by Gasteiger charge is 2.17. The Hall–Kier alpha value is -2.64. The molecule has 0 spiro atoms. The monoisotopic (exact) mass is 382 g/mol. The van der Waals surface area contributed by atoms with E-state index in [-0.39, 0.29) is 22.8 Å². The second kappa shape index (κ2) is 8.46. The van der Waals surface area contributed by atoms with E-state index in [2.05, 4.69) is 5.32 Å². The van der Waals surface area contributed by atoms with Crippen LogP contribution >= 0.6 is 23.2 Å². The number of halogens is 2. The molecule has 0 aliphatic rings. The van der Waals surface area contributed by atoms with Crippen LogP contribution in [0.4, 0.5) is 11.4 Å². The van der Waals surface area contributed by atoms with E-state index in [0.29, 0.717) is 10.6 Å². The molecule has 25 heavy (non-hydrogen) atoms. The van der Waals surface area contributed by atoms with Gasteiger partial charge in [-0.1, -0.05) is 41.4 Å². The fourth-order valence-corrected chi connectivity index (χ4v) is 2.32. The molecule has 0 aromatic heterocycles. The summed E-state index contributed by atoms with van der Waals surface area (Å²) >= 11 is 11.7. The molecule has 0 saturated carbocycles. The highest BCUT2D eigenvalue weighted by molar-refractivity contribution is 6.31. The quantitative estimate of drug-likeness (QED) is 0.467. The molecule has 0 unspecified atom stereocenters. The molecule has 0 bridgehead atoms. The average molecular weight is 383 g/mol. The van der Waals surface area contributed by atoms with E-state index in [1.54, 1.807) is 24.3 Å². The van der Waals surface area contributed by atoms with Crippen LogP contribution < -0.4 is 5.32 Å². The van der Waals surface area contributed by atoms with Crippen molar-refractivity contribution >= 4 is 46.5 Å². The van der Waals surface area contributed by atoms with E-state index in [4.69, 9.17) is 27.9 Å². The third-order valence-electron chi connectivity index (χ3n) is 3.09. The maximum Gasteiger partial charge on any atom is 0.310 e. The van der Waals surface area contributed by atoms with Crippen LogP contribution in [0.3, 0.4) is 0 Å². The average Bonchev–Trinajstić information content (AvgIpc) is 2.55. The molecule has 1 amide bonds. The molecule has 0 aliphatic heterocycles. The molecule has 1 N–H and O–H groups in total. The summed E-state index contributed by atoms with van der Waals surface area (Å²) in [5.41, 5.74) is 0.171. The number of ether oxygens (including phenoxy) is 1. The third-order valence-corrected chi connectivity index (χ3v) is 3.69. The Labute approximate surface area is 152 Å². The Balaban J connectivity index is 1.93. The molecule has 2 aromatic rings. The van der Waals surface area contributed by atoms with E-state index < -0.39 is 23.4 Å². The molecule has 0 radical (unpaired) electrons. The van der Waals surface area contributed by atoms with Gasteiger partial charge in [-0.2, -0.15) is 0 Å². The van der Waals surface area contributed by atoms with Crippen LogP contribution in [0.2, 0.25) is 10.0 Å². The normalized spacial score (nSPS) is 10.2. The number of esters is 1. The number of hydrogen-bond acceptors (Lipinski definition) is 5. The topological polar surface area (TPSA) is 98.5 Å². The molecule has 7 nitrogen and oxygen atoms in total. The van der Waals surface area contributed by atoms with Gasteiger partial charge in [0.05, 0.1) is 11.3 Å². The van der Waals surface area contributed by atoms with Crippen molar-refractivity contribution in [2.45, 2.75) is 6.42 Å². The van der Waals surface area contributed by atoms with Crippen molar-refractivity contribution in [2.75, 3.05) is 11.9 Å². The Morgan fingerprint density at radius 1 is 1.16 bits per heavy atom. The van der Waals surface area contributed by atoms with E-state index in [0.717, 1.165) is 0 Å². The standard InChI is InChI=1S/C16H12Cl2N2O5/c17-11-5-6-14(20(23)24)13(8-11)19-15(21)9-25-16(22)7-10-3-1-2-4-12(10)18/h1-6,8H,7,9H2,(H,19,21). The van der Waals surface area contributed by atoms with E-state index in [9.17, 15) is 19.7 Å². The van der Waals surface area contributed by atoms with Crippen molar-refractivity contribution in [1.29, 1.82) is 0 Å². The lowest BCUT2D eigenvalue weighted by Crippen LogP contribution is -2.22. The largest absolute Gasteiger partial charge is 0.455 e. The summed E-state index contributed by atoms with van der Waals surface area (Å²) in [5.74, 6) is -1.37. The van der Waals surface area contributed by atoms with E-state index in [1.165, 1.54) is 18.2 Å². The molecule has 130 valence electrons. The van der Waals surface area contributed by atoms with Crippen molar-refractivity contribution in [2.24, 2.45) is 0 Å². The Bertz CT molecular complexity index is 826. The van der Waals surface area contributed by atoms with Crippen LogP contribution in [0, 0.1) is 10.1 Å². The van der Waals surface area contributed by atoms with Crippen molar-refractivity contribution in [1.82, 2.24) is 0 Å². The second-order valence-electron chi connectivity index (χ2n) is 4.90. The van der Waals surface area contributed by atoms with Gasteiger partial charge in [0.1, 0.15) is 5.69 Å². The summed E-state index contributed by atoms with van der Waals surface area (Å²) in [6, 6.07) is 10.5. The van der Waals surface area contributed by atoms with Crippen LogP contribution in [0.25, 0.3) is 0 Å². The van der Waals surface area contributed by atoms with Gasteiger partial charge in [-0.15, -0.1) is 0 Å². The van der Waals surface area contributed by atoms with Crippen LogP contribution in [-0.4, -0.2) is 23.4 Å². The first-order valence-corrected chi connectivity index (χ1v) is 7.75. The first-order chi connectivity index (χ1) is 11.9. The molecule has 0 atom stereocenters. The van der Waals surface area contributed by atoms with Crippen molar-refractivity contribution in [3.63, 3.8) is 0 Å². The first kappa shape index (κ1) is 18.7. The zero-order chi connectivity index (χ0) is 18.4. The predicted molar refractivity (Wildman–Crippen MR) is 92.9 cm³/mol.